The van der Waals surface area contributed by atoms with Crippen LogP contribution in [0.2, 0.25) is 0 Å². The van der Waals surface area contributed by atoms with Crippen LogP contribution in [0.3, 0.4) is 0 Å². The SMILES string of the molecule is CCCCCCCC/C=C\CCCCCCCCCC(=O)OC(CO)COC(=O)CCCCCCCCCCC. The molecule has 1 unspecified atom stereocenters. The summed E-state index contributed by atoms with van der Waals surface area (Å²) < 4.78 is 10.5. The molecule has 0 aromatic rings. The zero-order valence-corrected chi connectivity index (χ0v) is 26.6. The maximum absolute atomic E-state index is 12.1. The van der Waals surface area contributed by atoms with Gasteiger partial charge in [0.2, 0.25) is 0 Å². The fraction of sp³-hybridized carbons (Fsp3) is 0.886. The van der Waals surface area contributed by atoms with Gasteiger partial charge in [0.1, 0.15) is 6.61 Å². The van der Waals surface area contributed by atoms with Crippen LogP contribution in [-0.4, -0.2) is 36.4 Å². The van der Waals surface area contributed by atoms with Crippen molar-refractivity contribution in [3.63, 3.8) is 0 Å². The summed E-state index contributed by atoms with van der Waals surface area (Å²) in [6.45, 7) is 4.10. The number of allylic oxidation sites excluding steroid dienone is 2. The van der Waals surface area contributed by atoms with E-state index in [1.54, 1.807) is 0 Å². The second-order valence-electron chi connectivity index (χ2n) is 11.6. The molecule has 0 saturated heterocycles. The van der Waals surface area contributed by atoms with Gasteiger partial charge in [0.25, 0.3) is 0 Å². The quantitative estimate of drug-likeness (QED) is 0.0513. The largest absolute Gasteiger partial charge is 0.462 e. The Morgan fingerprint density at radius 2 is 0.925 bits per heavy atom. The van der Waals surface area contributed by atoms with E-state index in [1.807, 2.05) is 0 Å². The Balaban J connectivity index is 3.55. The number of hydrogen-bond donors (Lipinski definition) is 1. The van der Waals surface area contributed by atoms with E-state index in [4.69, 9.17) is 9.47 Å². The van der Waals surface area contributed by atoms with E-state index in [0.717, 1.165) is 38.5 Å². The molecule has 1 atom stereocenters. The van der Waals surface area contributed by atoms with Crippen molar-refractivity contribution in [3.8, 4) is 0 Å². The highest BCUT2D eigenvalue weighted by molar-refractivity contribution is 5.70. The standard InChI is InChI=1S/C35H66O5/c1-3-5-7-9-11-13-14-15-16-17-18-19-20-22-24-26-28-30-35(38)40-33(31-36)32-39-34(37)29-27-25-23-21-12-10-8-6-4-2/h15-16,33,36H,3-14,17-32H2,1-2H3/b16-15-. The lowest BCUT2D eigenvalue weighted by Gasteiger charge is -2.15. The van der Waals surface area contributed by atoms with E-state index in [2.05, 4.69) is 26.0 Å². The molecule has 236 valence electrons. The van der Waals surface area contributed by atoms with Crippen molar-refractivity contribution >= 4 is 11.9 Å². The molecule has 0 spiro atoms. The van der Waals surface area contributed by atoms with Crippen LogP contribution in [0, 0.1) is 0 Å². The third-order valence-electron chi connectivity index (χ3n) is 7.56. The first-order chi connectivity index (χ1) is 19.6. The number of rotatable bonds is 31. The molecule has 5 heteroatoms. The van der Waals surface area contributed by atoms with E-state index in [0.29, 0.717) is 12.8 Å². The molecule has 0 bridgehead atoms. The molecule has 0 aliphatic heterocycles. The molecule has 0 aliphatic carbocycles. The first kappa shape index (κ1) is 38.6. The fourth-order valence-corrected chi connectivity index (χ4v) is 4.90. The molecule has 0 saturated carbocycles. The zero-order valence-electron chi connectivity index (χ0n) is 26.6. The van der Waals surface area contributed by atoms with Crippen molar-refractivity contribution in [2.75, 3.05) is 13.2 Å². The summed E-state index contributed by atoms with van der Waals surface area (Å²) in [5, 5.41) is 9.49. The molecular weight excluding hydrogens is 500 g/mol. The zero-order chi connectivity index (χ0) is 29.4. The fourth-order valence-electron chi connectivity index (χ4n) is 4.90. The minimum atomic E-state index is -0.764. The summed E-state index contributed by atoms with van der Waals surface area (Å²) in [7, 11) is 0. The van der Waals surface area contributed by atoms with E-state index in [-0.39, 0.29) is 25.2 Å². The topological polar surface area (TPSA) is 72.8 Å². The predicted octanol–water partition coefficient (Wildman–Crippen LogP) is 10.2. The molecule has 1 N–H and O–H groups in total. The van der Waals surface area contributed by atoms with Gasteiger partial charge in [0.15, 0.2) is 6.10 Å². The molecule has 0 aromatic heterocycles. The maximum atomic E-state index is 12.1. The number of unbranched alkanes of at least 4 members (excludes halogenated alkanes) is 21. The van der Waals surface area contributed by atoms with Crippen LogP contribution in [0.15, 0.2) is 12.2 Å². The Bertz CT molecular complexity index is 574. The van der Waals surface area contributed by atoms with E-state index in [1.165, 1.54) is 116 Å². The molecule has 0 rings (SSSR count). The second-order valence-corrected chi connectivity index (χ2v) is 11.6. The smallest absolute Gasteiger partial charge is 0.306 e. The second kappa shape index (κ2) is 32.2. The van der Waals surface area contributed by atoms with Gasteiger partial charge in [-0.1, -0.05) is 142 Å². The lowest BCUT2D eigenvalue weighted by molar-refractivity contribution is -0.161. The van der Waals surface area contributed by atoms with Crippen molar-refractivity contribution < 1.29 is 24.2 Å². The summed E-state index contributed by atoms with van der Waals surface area (Å²) in [4.78, 5) is 24.0. The third kappa shape index (κ3) is 29.6. The van der Waals surface area contributed by atoms with Crippen molar-refractivity contribution in [2.45, 2.75) is 187 Å². The number of esters is 2. The van der Waals surface area contributed by atoms with Crippen LogP contribution in [0.1, 0.15) is 181 Å². The highest BCUT2D eigenvalue weighted by Gasteiger charge is 2.16. The Morgan fingerprint density at radius 3 is 1.35 bits per heavy atom. The number of aliphatic hydroxyl groups is 1. The van der Waals surface area contributed by atoms with E-state index < -0.39 is 6.10 Å². The number of carbonyl (C=O) groups excluding carboxylic acids is 2. The van der Waals surface area contributed by atoms with E-state index in [9.17, 15) is 14.7 Å². The number of aliphatic hydroxyl groups excluding tert-OH is 1. The van der Waals surface area contributed by atoms with Gasteiger partial charge < -0.3 is 14.6 Å². The van der Waals surface area contributed by atoms with Gasteiger partial charge in [-0.25, -0.2) is 0 Å². The Labute approximate surface area is 248 Å². The molecule has 0 fully saturated rings. The molecule has 5 nitrogen and oxygen atoms in total. The summed E-state index contributed by atoms with van der Waals surface area (Å²) in [5.41, 5.74) is 0. The lowest BCUT2D eigenvalue weighted by atomic mass is 10.1. The number of carbonyl (C=O) groups is 2. The molecule has 0 heterocycles. The molecule has 0 aromatic carbocycles. The van der Waals surface area contributed by atoms with Crippen LogP contribution in [0.25, 0.3) is 0 Å². The van der Waals surface area contributed by atoms with Crippen molar-refractivity contribution in [1.29, 1.82) is 0 Å². The van der Waals surface area contributed by atoms with Crippen LogP contribution in [0.5, 0.6) is 0 Å². The number of ether oxygens (including phenoxy) is 2. The molecular formula is C35H66O5. The third-order valence-corrected chi connectivity index (χ3v) is 7.56. The summed E-state index contributed by atoms with van der Waals surface area (Å²) in [6.07, 6.45) is 34.1. The van der Waals surface area contributed by atoms with Crippen molar-refractivity contribution in [1.82, 2.24) is 0 Å². The van der Waals surface area contributed by atoms with Gasteiger partial charge in [-0.2, -0.15) is 0 Å². The van der Waals surface area contributed by atoms with Crippen molar-refractivity contribution in [2.24, 2.45) is 0 Å². The van der Waals surface area contributed by atoms with Crippen LogP contribution < -0.4 is 0 Å². The maximum Gasteiger partial charge on any atom is 0.306 e. The summed E-state index contributed by atoms with van der Waals surface area (Å²) >= 11 is 0. The van der Waals surface area contributed by atoms with Crippen LogP contribution >= 0.6 is 0 Å². The Morgan fingerprint density at radius 1 is 0.550 bits per heavy atom. The summed E-state index contributed by atoms with van der Waals surface area (Å²) in [5.74, 6) is -0.594. The molecule has 0 amide bonds. The van der Waals surface area contributed by atoms with Gasteiger partial charge in [-0.15, -0.1) is 0 Å². The Hall–Kier alpha value is -1.36. The normalized spacial score (nSPS) is 12.2. The highest BCUT2D eigenvalue weighted by Crippen LogP contribution is 2.13. The number of hydrogen-bond acceptors (Lipinski definition) is 5. The average molecular weight is 567 g/mol. The molecule has 0 radical (unpaired) electrons. The summed E-state index contributed by atoms with van der Waals surface area (Å²) in [6, 6.07) is 0. The monoisotopic (exact) mass is 566 g/mol. The molecule has 40 heavy (non-hydrogen) atoms. The average Bonchev–Trinajstić information content (AvgIpc) is 2.96. The minimum Gasteiger partial charge on any atom is -0.462 e. The van der Waals surface area contributed by atoms with Gasteiger partial charge in [-0.3, -0.25) is 9.59 Å². The van der Waals surface area contributed by atoms with Gasteiger partial charge in [-0.05, 0) is 38.5 Å². The van der Waals surface area contributed by atoms with Gasteiger partial charge in [0, 0.05) is 12.8 Å². The van der Waals surface area contributed by atoms with E-state index >= 15 is 0 Å². The first-order valence-electron chi connectivity index (χ1n) is 17.2. The first-order valence-corrected chi connectivity index (χ1v) is 17.2. The van der Waals surface area contributed by atoms with Gasteiger partial charge in [0.05, 0.1) is 6.61 Å². The van der Waals surface area contributed by atoms with Gasteiger partial charge >= 0.3 is 11.9 Å². The van der Waals surface area contributed by atoms with Crippen LogP contribution in [-0.2, 0) is 19.1 Å². The Kier molecular flexibility index (Phi) is 31.1. The minimum absolute atomic E-state index is 0.0628. The predicted molar refractivity (Wildman–Crippen MR) is 168 cm³/mol. The van der Waals surface area contributed by atoms with Crippen molar-refractivity contribution in [3.05, 3.63) is 12.2 Å². The lowest BCUT2D eigenvalue weighted by Crippen LogP contribution is -2.28. The highest BCUT2D eigenvalue weighted by atomic mass is 16.6. The molecule has 0 aliphatic rings. The van der Waals surface area contributed by atoms with Crippen LogP contribution in [0.4, 0.5) is 0 Å².